The van der Waals surface area contributed by atoms with Gasteiger partial charge in [0.05, 0.1) is 0 Å². The van der Waals surface area contributed by atoms with E-state index in [0.29, 0.717) is 6.54 Å². The van der Waals surface area contributed by atoms with Crippen LogP contribution in [0.1, 0.15) is 35.3 Å². The van der Waals surface area contributed by atoms with Crippen molar-refractivity contribution >= 4 is 5.91 Å². The number of amides is 1. The number of carbonyl (C=O) groups is 1. The molecule has 0 aliphatic carbocycles. The summed E-state index contributed by atoms with van der Waals surface area (Å²) in [5, 5.41) is 3.34. The van der Waals surface area contributed by atoms with Gasteiger partial charge in [-0.05, 0) is 44.0 Å². The van der Waals surface area contributed by atoms with Gasteiger partial charge in [-0.15, -0.1) is 6.58 Å². The monoisotopic (exact) mass is 258 g/mol. The first-order valence-electron chi connectivity index (χ1n) is 6.88. The van der Waals surface area contributed by atoms with Crippen LogP contribution in [0.2, 0.25) is 0 Å². The van der Waals surface area contributed by atoms with Gasteiger partial charge >= 0.3 is 0 Å². The Morgan fingerprint density at radius 2 is 2.32 bits per heavy atom. The molecule has 3 nitrogen and oxygen atoms in total. The van der Waals surface area contributed by atoms with Gasteiger partial charge in [0.1, 0.15) is 0 Å². The van der Waals surface area contributed by atoms with Crippen molar-refractivity contribution in [3.8, 4) is 0 Å². The Balaban J connectivity index is 2.35. The highest BCUT2D eigenvalue weighted by Gasteiger charge is 2.22. The Bertz CT molecular complexity index is 480. The van der Waals surface area contributed by atoms with Gasteiger partial charge in [-0.1, -0.05) is 18.2 Å². The van der Waals surface area contributed by atoms with Crippen LogP contribution in [0.3, 0.4) is 0 Å². The van der Waals surface area contributed by atoms with Gasteiger partial charge in [-0.2, -0.15) is 0 Å². The molecule has 0 fully saturated rings. The van der Waals surface area contributed by atoms with Gasteiger partial charge in [0.2, 0.25) is 0 Å². The molecular weight excluding hydrogens is 236 g/mol. The van der Waals surface area contributed by atoms with Gasteiger partial charge in [0, 0.05) is 24.7 Å². The van der Waals surface area contributed by atoms with Crippen molar-refractivity contribution in [1.29, 1.82) is 0 Å². The van der Waals surface area contributed by atoms with Crippen LogP contribution in [0.15, 0.2) is 30.9 Å². The summed E-state index contributed by atoms with van der Waals surface area (Å²) in [6.07, 6.45) is 2.71. The molecule has 1 heterocycles. The van der Waals surface area contributed by atoms with E-state index in [0.717, 1.165) is 25.1 Å². The van der Waals surface area contributed by atoms with E-state index in [1.54, 1.807) is 6.08 Å². The summed E-state index contributed by atoms with van der Waals surface area (Å²) < 4.78 is 0. The minimum absolute atomic E-state index is 0.119. The van der Waals surface area contributed by atoms with E-state index in [1.165, 1.54) is 11.1 Å². The second kappa shape index (κ2) is 6.02. The normalized spacial score (nSPS) is 14.1. The minimum atomic E-state index is 0.119. The second-order valence-corrected chi connectivity index (χ2v) is 5.21. The lowest BCUT2D eigenvalue weighted by Crippen LogP contribution is -2.38. The van der Waals surface area contributed by atoms with E-state index in [9.17, 15) is 4.79 Å². The van der Waals surface area contributed by atoms with E-state index in [1.807, 2.05) is 30.9 Å². The Kier molecular flexibility index (Phi) is 4.38. The Morgan fingerprint density at radius 1 is 1.53 bits per heavy atom. The number of rotatable bonds is 4. The molecule has 1 aliphatic heterocycles. The van der Waals surface area contributed by atoms with Gasteiger partial charge in [0.25, 0.3) is 5.91 Å². The van der Waals surface area contributed by atoms with E-state index < -0.39 is 0 Å². The zero-order valence-electron chi connectivity index (χ0n) is 11.8. The summed E-state index contributed by atoms with van der Waals surface area (Å²) in [6.45, 7) is 10.2. The third-order valence-corrected chi connectivity index (χ3v) is 3.58. The quantitative estimate of drug-likeness (QED) is 0.841. The number of fused-ring (bicyclic) bond motifs is 1. The number of hydrogen-bond acceptors (Lipinski definition) is 2. The maximum Gasteiger partial charge on any atom is 0.254 e. The van der Waals surface area contributed by atoms with Crippen molar-refractivity contribution in [2.45, 2.75) is 32.9 Å². The van der Waals surface area contributed by atoms with Crippen LogP contribution in [0.5, 0.6) is 0 Å². The van der Waals surface area contributed by atoms with Crippen molar-refractivity contribution in [3.05, 3.63) is 47.5 Å². The molecule has 1 aromatic carbocycles. The summed E-state index contributed by atoms with van der Waals surface area (Å²) in [6, 6.07) is 6.21. The Hall–Kier alpha value is -1.61. The van der Waals surface area contributed by atoms with Crippen molar-refractivity contribution < 1.29 is 4.79 Å². The predicted molar refractivity (Wildman–Crippen MR) is 78.2 cm³/mol. The van der Waals surface area contributed by atoms with Crippen LogP contribution < -0.4 is 5.32 Å². The molecule has 1 aliphatic rings. The molecule has 0 aromatic heterocycles. The SMILES string of the molecule is C=CCN(C(=O)c1cccc2c1CCNC2)C(C)C. The molecule has 0 atom stereocenters. The zero-order chi connectivity index (χ0) is 13.8. The number of nitrogens with zero attached hydrogens (tertiary/aromatic N) is 1. The first-order chi connectivity index (χ1) is 9.15. The molecule has 102 valence electrons. The maximum absolute atomic E-state index is 12.7. The lowest BCUT2D eigenvalue weighted by Gasteiger charge is -2.28. The van der Waals surface area contributed by atoms with E-state index >= 15 is 0 Å². The Labute approximate surface area is 115 Å². The van der Waals surface area contributed by atoms with Gasteiger partial charge in [-0.3, -0.25) is 4.79 Å². The van der Waals surface area contributed by atoms with E-state index in [2.05, 4.69) is 18.0 Å². The first kappa shape index (κ1) is 13.8. The highest BCUT2D eigenvalue weighted by molar-refractivity contribution is 5.96. The molecule has 0 spiro atoms. The van der Waals surface area contributed by atoms with Crippen LogP contribution in [0, 0.1) is 0 Å². The number of nitrogens with one attached hydrogen (secondary N) is 1. The standard InChI is InChI=1S/C16H22N2O/c1-4-10-18(12(2)3)16(19)15-7-5-6-13-11-17-9-8-14(13)15/h4-7,12,17H,1,8-11H2,2-3H3. The fourth-order valence-corrected chi connectivity index (χ4v) is 2.55. The van der Waals surface area contributed by atoms with E-state index in [-0.39, 0.29) is 11.9 Å². The summed E-state index contributed by atoms with van der Waals surface area (Å²) in [5.41, 5.74) is 3.31. The largest absolute Gasteiger partial charge is 0.333 e. The molecule has 0 bridgehead atoms. The second-order valence-electron chi connectivity index (χ2n) is 5.21. The van der Waals surface area contributed by atoms with Gasteiger partial charge in [-0.25, -0.2) is 0 Å². The van der Waals surface area contributed by atoms with Crippen molar-refractivity contribution in [1.82, 2.24) is 10.2 Å². The molecular formula is C16H22N2O. The van der Waals surface area contributed by atoms with Crippen LogP contribution in [0.4, 0.5) is 0 Å². The number of benzene rings is 1. The fraction of sp³-hybridized carbons (Fsp3) is 0.438. The lowest BCUT2D eigenvalue weighted by atomic mass is 9.94. The van der Waals surface area contributed by atoms with Crippen LogP contribution in [-0.4, -0.2) is 29.9 Å². The predicted octanol–water partition coefficient (Wildman–Crippen LogP) is 2.37. The summed E-state index contributed by atoms with van der Waals surface area (Å²) in [4.78, 5) is 14.6. The average Bonchev–Trinajstić information content (AvgIpc) is 2.43. The summed E-state index contributed by atoms with van der Waals surface area (Å²) in [7, 11) is 0. The molecule has 1 amide bonds. The van der Waals surface area contributed by atoms with Crippen molar-refractivity contribution in [2.24, 2.45) is 0 Å². The molecule has 2 rings (SSSR count). The average molecular weight is 258 g/mol. The third kappa shape index (κ3) is 2.87. The minimum Gasteiger partial charge on any atom is -0.333 e. The van der Waals surface area contributed by atoms with Crippen LogP contribution >= 0.6 is 0 Å². The van der Waals surface area contributed by atoms with Crippen LogP contribution in [0.25, 0.3) is 0 Å². The molecule has 3 heteroatoms. The zero-order valence-corrected chi connectivity index (χ0v) is 11.8. The third-order valence-electron chi connectivity index (χ3n) is 3.58. The molecule has 1 aromatic rings. The highest BCUT2D eigenvalue weighted by Crippen LogP contribution is 2.21. The molecule has 0 unspecified atom stereocenters. The number of hydrogen-bond donors (Lipinski definition) is 1. The topological polar surface area (TPSA) is 32.3 Å². The van der Waals surface area contributed by atoms with Gasteiger partial charge in [0.15, 0.2) is 0 Å². The lowest BCUT2D eigenvalue weighted by molar-refractivity contribution is 0.0727. The first-order valence-corrected chi connectivity index (χ1v) is 6.88. The molecule has 0 saturated carbocycles. The van der Waals surface area contributed by atoms with Crippen LogP contribution in [-0.2, 0) is 13.0 Å². The Morgan fingerprint density at radius 3 is 3.00 bits per heavy atom. The summed E-state index contributed by atoms with van der Waals surface area (Å²) >= 11 is 0. The molecule has 0 radical (unpaired) electrons. The van der Waals surface area contributed by atoms with Crippen molar-refractivity contribution in [3.63, 3.8) is 0 Å². The molecule has 1 N–H and O–H groups in total. The van der Waals surface area contributed by atoms with Gasteiger partial charge < -0.3 is 10.2 Å². The maximum atomic E-state index is 12.7. The van der Waals surface area contributed by atoms with E-state index in [4.69, 9.17) is 0 Å². The van der Waals surface area contributed by atoms with Crippen molar-refractivity contribution in [2.75, 3.05) is 13.1 Å². The fourth-order valence-electron chi connectivity index (χ4n) is 2.55. The number of carbonyl (C=O) groups excluding carboxylic acids is 1. The highest BCUT2D eigenvalue weighted by atomic mass is 16.2. The summed E-state index contributed by atoms with van der Waals surface area (Å²) in [5.74, 6) is 0.119. The molecule has 0 saturated heterocycles. The smallest absolute Gasteiger partial charge is 0.254 e. The molecule has 19 heavy (non-hydrogen) atoms.